The molecule has 9 heteroatoms. The standard InChI is InChI=1S/C22H26N6O2S/c1-14(2)21(29)28-11-8-16(9-12-28)30-17-6-7-18(24-13-17)20-26-22(31-27-20)25-19-15(3)5-4-10-23-19/h4-7,10,13-14,16H,8-9,11-12H2,1-3H3,(H,23,25,26,27). The normalized spacial score (nSPS) is 14.6. The second-order valence-electron chi connectivity index (χ2n) is 7.89. The molecule has 3 aromatic heterocycles. The van der Waals surface area contributed by atoms with Crippen LogP contribution < -0.4 is 10.1 Å². The van der Waals surface area contributed by atoms with Crippen molar-refractivity contribution in [2.75, 3.05) is 18.4 Å². The van der Waals surface area contributed by atoms with E-state index in [0.717, 1.165) is 43.1 Å². The molecule has 0 unspecified atom stereocenters. The predicted octanol–water partition coefficient (Wildman–Crippen LogP) is 4.07. The van der Waals surface area contributed by atoms with Crippen LogP contribution in [0.5, 0.6) is 5.75 Å². The summed E-state index contributed by atoms with van der Waals surface area (Å²) in [5, 5.41) is 3.87. The first-order valence-corrected chi connectivity index (χ1v) is 11.2. The van der Waals surface area contributed by atoms with Gasteiger partial charge in [-0.25, -0.2) is 9.97 Å². The number of aromatic nitrogens is 4. The van der Waals surface area contributed by atoms with E-state index in [4.69, 9.17) is 4.74 Å². The lowest BCUT2D eigenvalue weighted by molar-refractivity contribution is -0.136. The Morgan fingerprint density at radius 2 is 2.03 bits per heavy atom. The Morgan fingerprint density at radius 1 is 1.23 bits per heavy atom. The summed E-state index contributed by atoms with van der Waals surface area (Å²) in [4.78, 5) is 27.3. The number of pyridine rings is 2. The van der Waals surface area contributed by atoms with Gasteiger partial charge in [0.2, 0.25) is 11.0 Å². The van der Waals surface area contributed by atoms with Crippen molar-refractivity contribution in [3.8, 4) is 17.3 Å². The monoisotopic (exact) mass is 438 g/mol. The highest BCUT2D eigenvalue weighted by Crippen LogP contribution is 2.25. The Kier molecular flexibility index (Phi) is 6.41. The summed E-state index contributed by atoms with van der Waals surface area (Å²) in [7, 11) is 0. The molecule has 4 rings (SSSR count). The number of anilines is 2. The van der Waals surface area contributed by atoms with Crippen LogP contribution in [0.2, 0.25) is 0 Å². The molecule has 8 nitrogen and oxygen atoms in total. The first-order valence-electron chi connectivity index (χ1n) is 10.4. The molecule has 0 aromatic carbocycles. The number of piperidine rings is 1. The maximum atomic E-state index is 12.1. The van der Waals surface area contributed by atoms with Crippen molar-refractivity contribution in [3.63, 3.8) is 0 Å². The van der Waals surface area contributed by atoms with Gasteiger partial charge < -0.3 is 15.0 Å². The molecular formula is C22H26N6O2S. The van der Waals surface area contributed by atoms with Crippen molar-refractivity contribution in [3.05, 3.63) is 42.2 Å². The van der Waals surface area contributed by atoms with Gasteiger partial charge in [0.1, 0.15) is 23.4 Å². The van der Waals surface area contributed by atoms with Crippen molar-refractivity contribution in [2.24, 2.45) is 5.92 Å². The van der Waals surface area contributed by atoms with Gasteiger partial charge in [-0.3, -0.25) is 4.79 Å². The van der Waals surface area contributed by atoms with Crippen LogP contribution in [0.25, 0.3) is 11.5 Å². The minimum absolute atomic E-state index is 0.0391. The van der Waals surface area contributed by atoms with Gasteiger partial charge in [-0.05, 0) is 30.7 Å². The number of hydrogen-bond donors (Lipinski definition) is 1. The fraction of sp³-hybridized carbons (Fsp3) is 0.409. The lowest BCUT2D eigenvalue weighted by Gasteiger charge is -2.33. The highest BCUT2D eigenvalue weighted by molar-refractivity contribution is 7.09. The third kappa shape index (κ3) is 5.16. The number of nitrogens with zero attached hydrogens (tertiary/aromatic N) is 5. The molecule has 0 saturated carbocycles. The zero-order chi connectivity index (χ0) is 21.8. The summed E-state index contributed by atoms with van der Waals surface area (Å²) in [5.74, 6) is 2.30. The van der Waals surface area contributed by atoms with Gasteiger partial charge in [-0.1, -0.05) is 19.9 Å². The third-order valence-electron chi connectivity index (χ3n) is 5.18. The number of amides is 1. The lowest BCUT2D eigenvalue weighted by atomic mass is 10.1. The summed E-state index contributed by atoms with van der Waals surface area (Å²) in [6.45, 7) is 7.34. The molecule has 0 spiro atoms. The molecule has 0 aliphatic carbocycles. The minimum atomic E-state index is 0.0391. The van der Waals surface area contributed by atoms with Gasteiger partial charge in [-0.15, -0.1) is 0 Å². The summed E-state index contributed by atoms with van der Waals surface area (Å²) in [6, 6.07) is 7.65. The SMILES string of the molecule is Cc1cccnc1Nc1nc(-c2ccc(OC3CCN(C(=O)C(C)C)CC3)cn2)ns1. The number of hydrogen-bond acceptors (Lipinski definition) is 8. The van der Waals surface area contributed by atoms with E-state index in [1.807, 2.05) is 49.9 Å². The summed E-state index contributed by atoms with van der Waals surface area (Å²) in [5.41, 5.74) is 1.73. The van der Waals surface area contributed by atoms with Gasteiger partial charge in [0.15, 0.2) is 5.82 Å². The quantitative estimate of drug-likeness (QED) is 0.620. The van der Waals surface area contributed by atoms with Gasteiger partial charge in [0, 0.05) is 49.6 Å². The number of rotatable bonds is 6. The van der Waals surface area contributed by atoms with E-state index in [2.05, 4.69) is 24.6 Å². The van der Waals surface area contributed by atoms with Gasteiger partial charge >= 0.3 is 0 Å². The Labute approximate surface area is 185 Å². The van der Waals surface area contributed by atoms with E-state index in [9.17, 15) is 4.79 Å². The number of likely N-dealkylation sites (tertiary alicyclic amines) is 1. The minimum Gasteiger partial charge on any atom is -0.489 e. The fourth-order valence-electron chi connectivity index (χ4n) is 3.43. The van der Waals surface area contributed by atoms with E-state index in [-0.39, 0.29) is 17.9 Å². The van der Waals surface area contributed by atoms with Crippen LogP contribution in [0.3, 0.4) is 0 Å². The third-order valence-corrected chi connectivity index (χ3v) is 5.81. The Morgan fingerprint density at radius 3 is 2.71 bits per heavy atom. The molecule has 1 saturated heterocycles. The second-order valence-corrected chi connectivity index (χ2v) is 8.65. The highest BCUT2D eigenvalue weighted by atomic mass is 32.1. The maximum absolute atomic E-state index is 12.1. The van der Waals surface area contributed by atoms with Crippen LogP contribution in [0, 0.1) is 12.8 Å². The molecule has 1 amide bonds. The number of ether oxygens (including phenoxy) is 1. The molecule has 0 bridgehead atoms. The van der Waals surface area contributed by atoms with Gasteiger partial charge in [0.25, 0.3) is 0 Å². The van der Waals surface area contributed by atoms with E-state index in [1.54, 1.807) is 12.4 Å². The maximum Gasteiger partial charge on any atom is 0.225 e. The number of carbonyl (C=O) groups is 1. The van der Waals surface area contributed by atoms with E-state index in [1.165, 1.54) is 11.5 Å². The smallest absolute Gasteiger partial charge is 0.225 e. The zero-order valence-corrected chi connectivity index (χ0v) is 18.7. The van der Waals surface area contributed by atoms with Gasteiger partial charge in [-0.2, -0.15) is 9.36 Å². The van der Waals surface area contributed by atoms with E-state index >= 15 is 0 Å². The molecular weight excluding hydrogens is 412 g/mol. The topological polar surface area (TPSA) is 93.1 Å². The largest absolute Gasteiger partial charge is 0.489 e. The predicted molar refractivity (Wildman–Crippen MR) is 120 cm³/mol. The first-order chi connectivity index (χ1) is 15.0. The Balaban J connectivity index is 1.33. The fourth-order valence-corrected chi connectivity index (χ4v) is 4.01. The molecule has 0 radical (unpaired) electrons. The molecule has 4 heterocycles. The van der Waals surface area contributed by atoms with Crippen LogP contribution in [-0.2, 0) is 4.79 Å². The summed E-state index contributed by atoms with van der Waals surface area (Å²) >= 11 is 1.27. The van der Waals surface area contributed by atoms with Crippen LogP contribution in [0.15, 0.2) is 36.7 Å². The zero-order valence-electron chi connectivity index (χ0n) is 17.9. The molecule has 1 N–H and O–H groups in total. The molecule has 31 heavy (non-hydrogen) atoms. The molecule has 162 valence electrons. The summed E-state index contributed by atoms with van der Waals surface area (Å²) in [6.07, 6.45) is 5.20. The summed E-state index contributed by atoms with van der Waals surface area (Å²) < 4.78 is 10.5. The van der Waals surface area contributed by atoms with E-state index in [0.29, 0.717) is 16.6 Å². The Hall–Kier alpha value is -3.07. The number of nitrogens with one attached hydrogen (secondary N) is 1. The van der Waals surface area contributed by atoms with Crippen LogP contribution in [-0.4, -0.2) is 49.3 Å². The lowest BCUT2D eigenvalue weighted by Crippen LogP contribution is -2.43. The van der Waals surface area contributed by atoms with Crippen LogP contribution >= 0.6 is 11.5 Å². The second kappa shape index (κ2) is 9.38. The first kappa shape index (κ1) is 21.2. The number of aryl methyl sites for hydroxylation is 1. The average molecular weight is 439 g/mol. The molecule has 1 fully saturated rings. The molecule has 1 aliphatic rings. The van der Waals surface area contributed by atoms with Crippen molar-refractivity contribution in [1.82, 2.24) is 24.2 Å². The number of carbonyl (C=O) groups excluding carboxylic acids is 1. The van der Waals surface area contributed by atoms with Crippen molar-refractivity contribution >= 4 is 28.4 Å². The van der Waals surface area contributed by atoms with Crippen LogP contribution in [0.1, 0.15) is 32.3 Å². The van der Waals surface area contributed by atoms with Crippen LogP contribution in [0.4, 0.5) is 10.9 Å². The van der Waals surface area contributed by atoms with Crippen molar-refractivity contribution in [2.45, 2.75) is 39.7 Å². The Bertz CT molecular complexity index is 1030. The van der Waals surface area contributed by atoms with Crippen molar-refractivity contribution in [1.29, 1.82) is 0 Å². The highest BCUT2D eigenvalue weighted by Gasteiger charge is 2.25. The van der Waals surface area contributed by atoms with Crippen molar-refractivity contribution < 1.29 is 9.53 Å². The average Bonchev–Trinajstić information content (AvgIpc) is 3.24. The molecule has 3 aromatic rings. The van der Waals surface area contributed by atoms with Gasteiger partial charge in [0.05, 0.1) is 6.20 Å². The molecule has 0 atom stereocenters. The van der Waals surface area contributed by atoms with E-state index < -0.39 is 0 Å². The molecule has 1 aliphatic heterocycles.